The summed E-state index contributed by atoms with van der Waals surface area (Å²) < 4.78 is 34.8. The standard InChI is InChI=1S/C38H48N2O8S2/c1-5-7-18-38(19-8-6-2)22-30(26-12-10-9-11-13-26)29-20-32(49-4)31(21-33(29)50(46,47)24-38)48-23-34(42)40-35(27-14-16-28(41)17-15-27)36(43)39-25(3)37(44)45/h9-17,20-21,25,30,35,41H,5-8,18-19,22-24H2,1-4H3,(H,39,43)(H,40,42)(H,44,45)/t25-,30?,35+/m0/s1. The summed E-state index contributed by atoms with van der Waals surface area (Å²) in [6.45, 7) is 5.02. The summed E-state index contributed by atoms with van der Waals surface area (Å²) in [4.78, 5) is 38.6. The Morgan fingerprint density at radius 2 is 1.62 bits per heavy atom. The predicted molar refractivity (Wildman–Crippen MR) is 194 cm³/mol. The molecule has 3 atom stereocenters. The van der Waals surface area contributed by atoms with E-state index >= 15 is 0 Å². The molecule has 1 unspecified atom stereocenters. The molecular formula is C38H48N2O8S2. The molecule has 4 rings (SSSR count). The lowest BCUT2D eigenvalue weighted by Gasteiger charge is -2.35. The number of benzene rings is 3. The Hall–Kier alpha value is -4.03. The third-order valence-electron chi connectivity index (χ3n) is 9.35. The van der Waals surface area contributed by atoms with Gasteiger partial charge in [-0.3, -0.25) is 14.4 Å². The van der Waals surface area contributed by atoms with Crippen molar-refractivity contribution < 1.29 is 37.8 Å². The van der Waals surface area contributed by atoms with Crippen LogP contribution in [0.3, 0.4) is 0 Å². The molecule has 3 aromatic carbocycles. The SMILES string of the molecule is CCCCC1(CCCC)CC(c2ccccc2)c2cc(SC)c(OCC(=O)N[C@@H](C(=O)N[C@@H](C)C(=O)O)c3ccc(O)cc3)cc2S(=O)(=O)C1. The Bertz CT molecular complexity index is 1740. The van der Waals surface area contributed by atoms with Crippen LogP contribution in [0.5, 0.6) is 11.5 Å². The highest BCUT2D eigenvalue weighted by Crippen LogP contribution is 2.51. The van der Waals surface area contributed by atoms with E-state index in [1.807, 2.05) is 30.5 Å². The van der Waals surface area contributed by atoms with Crippen LogP contribution < -0.4 is 15.4 Å². The van der Waals surface area contributed by atoms with Gasteiger partial charge in [0.05, 0.1) is 10.6 Å². The molecule has 0 saturated carbocycles. The zero-order valence-electron chi connectivity index (χ0n) is 29.1. The maximum Gasteiger partial charge on any atom is 0.325 e. The van der Waals surface area contributed by atoms with Crippen LogP contribution in [-0.2, 0) is 24.2 Å². The van der Waals surface area contributed by atoms with Crippen molar-refractivity contribution in [3.8, 4) is 11.5 Å². The average Bonchev–Trinajstić information content (AvgIpc) is 3.19. The minimum absolute atomic E-state index is 0.0348. The van der Waals surface area contributed by atoms with Crippen molar-refractivity contribution in [2.24, 2.45) is 5.41 Å². The molecule has 3 aromatic rings. The van der Waals surface area contributed by atoms with Crippen molar-refractivity contribution in [3.63, 3.8) is 0 Å². The maximum atomic E-state index is 14.4. The van der Waals surface area contributed by atoms with Crippen molar-refractivity contribution in [1.29, 1.82) is 0 Å². The molecule has 10 nitrogen and oxygen atoms in total. The first-order valence-corrected chi connectivity index (χ1v) is 19.9. The van der Waals surface area contributed by atoms with E-state index in [1.54, 1.807) is 6.07 Å². The fourth-order valence-corrected chi connectivity index (χ4v) is 9.46. The number of carbonyl (C=O) groups excluding carboxylic acids is 2. The van der Waals surface area contributed by atoms with Gasteiger partial charge < -0.3 is 25.6 Å². The fraction of sp³-hybridized carbons (Fsp3) is 0.447. The van der Waals surface area contributed by atoms with Crippen LogP contribution in [0.2, 0.25) is 0 Å². The lowest BCUT2D eigenvalue weighted by atomic mass is 9.70. The van der Waals surface area contributed by atoms with Gasteiger partial charge in [-0.1, -0.05) is 82.0 Å². The van der Waals surface area contributed by atoms with Crippen LogP contribution >= 0.6 is 11.8 Å². The quantitative estimate of drug-likeness (QED) is 0.119. The first-order chi connectivity index (χ1) is 23.8. The first-order valence-electron chi connectivity index (χ1n) is 17.1. The molecule has 0 spiro atoms. The molecule has 1 aliphatic rings. The average molecular weight is 725 g/mol. The van der Waals surface area contributed by atoms with E-state index in [2.05, 4.69) is 36.6 Å². The third-order valence-corrected chi connectivity index (χ3v) is 12.1. The van der Waals surface area contributed by atoms with Gasteiger partial charge in [-0.25, -0.2) is 8.42 Å². The fourth-order valence-electron chi connectivity index (χ4n) is 6.68. The number of aliphatic carboxylic acids is 1. The predicted octanol–water partition coefficient (Wildman–Crippen LogP) is 6.62. The number of hydrogen-bond acceptors (Lipinski definition) is 8. The number of carbonyl (C=O) groups is 3. The van der Waals surface area contributed by atoms with Gasteiger partial charge in [0.2, 0.25) is 5.91 Å². The number of amides is 2. The van der Waals surface area contributed by atoms with Gasteiger partial charge in [0.15, 0.2) is 16.4 Å². The van der Waals surface area contributed by atoms with Crippen LogP contribution in [0.15, 0.2) is 76.5 Å². The van der Waals surface area contributed by atoms with Crippen LogP contribution in [-0.4, -0.2) is 61.1 Å². The highest BCUT2D eigenvalue weighted by molar-refractivity contribution is 7.98. The summed E-state index contributed by atoms with van der Waals surface area (Å²) >= 11 is 1.38. The lowest BCUT2D eigenvalue weighted by molar-refractivity contribution is -0.141. The Balaban J connectivity index is 1.69. The topological polar surface area (TPSA) is 159 Å². The van der Waals surface area contributed by atoms with Crippen LogP contribution in [0.25, 0.3) is 0 Å². The number of ether oxygens (including phenoxy) is 1. The monoisotopic (exact) mass is 724 g/mol. The largest absolute Gasteiger partial charge is 0.508 e. The van der Waals surface area contributed by atoms with Gasteiger partial charge in [-0.2, -0.15) is 0 Å². The van der Waals surface area contributed by atoms with Gasteiger partial charge in [0.1, 0.15) is 23.6 Å². The smallest absolute Gasteiger partial charge is 0.325 e. The number of carboxylic acid groups (broad SMARTS) is 1. The number of unbranched alkanes of at least 4 members (excludes halogenated alkanes) is 2. The summed E-state index contributed by atoms with van der Waals surface area (Å²) in [5.41, 5.74) is 1.70. The molecule has 270 valence electrons. The molecule has 1 heterocycles. The minimum atomic E-state index is -3.77. The van der Waals surface area contributed by atoms with Crippen molar-refractivity contribution in [2.75, 3.05) is 18.6 Å². The summed E-state index contributed by atoms with van der Waals surface area (Å²) in [7, 11) is -3.77. The minimum Gasteiger partial charge on any atom is -0.508 e. The zero-order valence-corrected chi connectivity index (χ0v) is 30.7. The van der Waals surface area contributed by atoms with E-state index < -0.39 is 51.7 Å². The summed E-state index contributed by atoms with van der Waals surface area (Å²) in [6.07, 6.45) is 8.03. The maximum absolute atomic E-state index is 14.4. The number of aromatic hydroxyl groups is 1. The number of sulfone groups is 1. The van der Waals surface area contributed by atoms with Crippen molar-refractivity contribution in [1.82, 2.24) is 10.6 Å². The molecule has 0 radical (unpaired) electrons. The van der Waals surface area contributed by atoms with E-state index in [-0.39, 0.29) is 28.1 Å². The van der Waals surface area contributed by atoms with Crippen molar-refractivity contribution in [3.05, 3.63) is 83.4 Å². The van der Waals surface area contributed by atoms with Crippen LogP contribution in [0, 0.1) is 5.41 Å². The molecule has 0 bridgehead atoms. The van der Waals surface area contributed by atoms with Gasteiger partial charge in [0.25, 0.3) is 5.91 Å². The number of fused-ring (bicyclic) bond motifs is 1. The van der Waals surface area contributed by atoms with Gasteiger partial charge in [-0.05, 0) is 72.7 Å². The Labute approximate surface area is 299 Å². The van der Waals surface area contributed by atoms with E-state index in [1.165, 1.54) is 43.0 Å². The Morgan fingerprint density at radius 1 is 0.980 bits per heavy atom. The van der Waals surface area contributed by atoms with Gasteiger partial charge >= 0.3 is 5.97 Å². The number of rotatable bonds is 16. The summed E-state index contributed by atoms with van der Waals surface area (Å²) in [5.74, 6) is -2.63. The van der Waals surface area contributed by atoms with Crippen LogP contribution in [0.1, 0.15) is 94.4 Å². The Kier molecular flexibility index (Phi) is 13.4. The number of phenolic OH excluding ortho intramolecular Hbond substituents is 1. The Morgan fingerprint density at radius 3 is 2.20 bits per heavy atom. The van der Waals surface area contributed by atoms with Gasteiger partial charge in [0, 0.05) is 16.9 Å². The molecule has 1 aliphatic heterocycles. The third kappa shape index (κ3) is 9.60. The molecule has 0 saturated heterocycles. The molecule has 0 aromatic heterocycles. The van der Waals surface area contributed by atoms with E-state index in [0.717, 1.165) is 49.7 Å². The number of thioether (sulfide) groups is 1. The molecule has 12 heteroatoms. The second kappa shape index (κ2) is 17.3. The molecular weight excluding hydrogens is 677 g/mol. The number of nitrogens with one attached hydrogen (secondary N) is 2. The highest BCUT2D eigenvalue weighted by Gasteiger charge is 2.43. The zero-order chi connectivity index (χ0) is 36.5. The highest BCUT2D eigenvalue weighted by atomic mass is 32.2. The summed E-state index contributed by atoms with van der Waals surface area (Å²) in [5, 5.41) is 24.0. The summed E-state index contributed by atoms with van der Waals surface area (Å²) in [6, 6.07) is 16.5. The van der Waals surface area contributed by atoms with E-state index in [9.17, 15) is 33.0 Å². The van der Waals surface area contributed by atoms with Crippen molar-refractivity contribution in [2.45, 2.75) is 93.5 Å². The van der Waals surface area contributed by atoms with E-state index in [4.69, 9.17) is 4.74 Å². The molecule has 0 fully saturated rings. The number of hydrogen-bond donors (Lipinski definition) is 4. The van der Waals surface area contributed by atoms with Crippen LogP contribution in [0.4, 0.5) is 0 Å². The van der Waals surface area contributed by atoms with Gasteiger partial charge in [-0.15, -0.1) is 11.8 Å². The second-order valence-electron chi connectivity index (χ2n) is 13.1. The first kappa shape index (κ1) is 38.8. The normalized spacial score (nSPS) is 17.4. The molecule has 2 amide bonds. The lowest BCUT2D eigenvalue weighted by Crippen LogP contribution is -2.46. The molecule has 4 N–H and O–H groups in total. The number of carboxylic acids is 1. The number of phenols is 1. The second-order valence-corrected chi connectivity index (χ2v) is 15.9. The molecule has 50 heavy (non-hydrogen) atoms. The molecule has 0 aliphatic carbocycles. The van der Waals surface area contributed by atoms with E-state index in [0.29, 0.717) is 16.9 Å². The van der Waals surface area contributed by atoms with Crippen molar-refractivity contribution >= 4 is 39.4 Å².